The molecule has 0 fully saturated rings. The van der Waals surface area contributed by atoms with Crippen molar-refractivity contribution in [1.82, 2.24) is 9.97 Å². The molecule has 1 amide bonds. The van der Waals surface area contributed by atoms with Crippen LogP contribution in [-0.4, -0.2) is 15.9 Å². The zero-order chi connectivity index (χ0) is 17.4. The van der Waals surface area contributed by atoms with Crippen molar-refractivity contribution in [3.8, 4) is 11.5 Å². The molecule has 0 radical (unpaired) electrons. The maximum atomic E-state index is 14.2. The first-order valence-corrected chi connectivity index (χ1v) is 7.96. The summed E-state index contributed by atoms with van der Waals surface area (Å²) in [4.78, 5) is 20.3. The van der Waals surface area contributed by atoms with Crippen LogP contribution in [0, 0.1) is 5.82 Å². The number of rotatable bonds is 3. The molecule has 3 heterocycles. The van der Waals surface area contributed by atoms with Gasteiger partial charge >= 0.3 is 0 Å². The van der Waals surface area contributed by atoms with Crippen LogP contribution < -0.4 is 5.32 Å². The largest absolute Gasteiger partial charge is 0.459 e. The third-order valence-electron chi connectivity index (χ3n) is 3.41. The Hall–Kier alpha value is -3.00. The highest BCUT2D eigenvalue weighted by Crippen LogP contribution is 2.29. The molecule has 0 atom stereocenters. The molecule has 6 nitrogen and oxygen atoms in total. The van der Waals surface area contributed by atoms with Crippen molar-refractivity contribution in [2.45, 2.75) is 0 Å². The molecule has 1 aromatic carbocycles. The highest BCUT2D eigenvalue weighted by atomic mass is 79.9. The minimum absolute atomic E-state index is 0.0761. The molecular weight excluding hydrogens is 393 g/mol. The minimum atomic E-state index is -0.526. The Kier molecular flexibility index (Phi) is 3.81. The fraction of sp³-hybridized carbons (Fsp3) is 0. The summed E-state index contributed by atoms with van der Waals surface area (Å²) in [6, 6.07) is 8.94. The van der Waals surface area contributed by atoms with Crippen LogP contribution in [0.1, 0.15) is 10.6 Å². The van der Waals surface area contributed by atoms with Gasteiger partial charge in [0.15, 0.2) is 17.0 Å². The number of hydrogen-bond acceptors (Lipinski definition) is 5. The summed E-state index contributed by atoms with van der Waals surface area (Å²) in [7, 11) is 0. The van der Waals surface area contributed by atoms with Crippen LogP contribution in [0.2, 0.25) is 0 Å². The molecule has 0 bridgehead atoms. The standard InChI is InChI=1S/C17H9BrFN3O3/c18-9-6-14-15(20-8-9)22-17(25-14)11-7-10(3-4-12(11)19)21-16(23)13-2-1-5-24-13/h1-8H,(H,21,23). The van der Waals surface area contributed by atoms with Gasteiger partial charge in [0.1, 0.15) is 5.82 Å². The van der Waals surface area contributed by atoms with Gasteiger partial charge in [-0.25, -0.2) is 9.37 Å². The van der Waals surface area contributed by atoms with E-state index in [1.54, 1.807) is 18.3 Å². The maximum Gasteiger partial charge on any atom is 0.291 e. The summed E-state index contributed by atoms with van der Waals surface area (Å²) in [5.74, 6) is -0.735. The highest BCUT2D eigenvalue weighted by molar-refractivity contribution is 9.10. The van der Waals surface area contributed by atoms with E-state index in [0.717, 1.165) is 4.47 Å². The average Bonchev–Trinajstić information content (AvgIpc) is 3.25. The lowest BCUT2D eigenvalue weighted by Crippen LogP contribution is -2.10. The topological polar surface area (TPSA) is 81.2 Å². The number of oxazole rings is 1. The van der Waals surface area contributed by atoms with E-state index in [2.05, 4.69) is 31.2 Å². The molecule has 0 spiro atoms. The summed E-state index contributed by atoms with van der Waals surface area (Å²) < 4.78 is 25.5. The average molecular weight is 402 g/mol. The van der Waals surface area contributed by atoms with Gasteiger partial charge in [-0.1, -0.05) is 0 Å². The summed E-state index contributed by atoms with van der Waals surface area (Å²) in [6.07, 6.45) is 2.97. The van der Waals surface area contributed by atoms with Crippen molar-refractivity contribution in [1.29, 1.82) is 0 Å². The van der Waals surface area contributed by atoms with Crippen molar-refractivity contribution < 1.29 is 18.0 Å². The second-order valence-electron chi connectivity index (χ2n) is 5.12. The molecule has 8 heteroatoms. The van der Waals surface area contributed by atoms with E-state index in [0.29, 0.717) is 16.9 Å². The lowest BCUT2D eigenvalue weighted by atomic mass is 10.2. The summed E-state index contributed by atoms with van der Waals surface area (Å²) in [5, 5.41) is 2.63. The fourth-order valence-electron chi connectivity index (χ4n) is 2.28. The Morgan fingerprint density at radius 3 is 2.92 bits per heavy atom. The van der Waals surface area contributed by atoms with Crippen LogP contribution in [0.5, 0.6) is 0 Å². The number of carbonyl (C=O) groups excluding carboxylic acids is 1. The predicted molar refractivity (Wildman–Crippen MR) is 91.6 cm³/mol. The Balaban J connectivity index is 1.70. The zero-order valence-corrected chi connectivity index (χ0v) is 14.1. The van der Waals surface area contributed by atoms with Crippen LogP contribution in [0.4, 0.5) is 10.1 Å². The van der Waals surface area contributed by atoms with Crippen LogP contribution in [0.25, 0.3) is 22.7 Å². The number of furan rings is 1. The van der Waals surface area contributed by atoms with Gasteiger partial charge in [-0.15, -0.1) is 0 Å². The van der Waals surface area contributed by atoms with E-state index >= 15 is 0 Å². The number of anilines is 1. The molecule has 4 aromatic rings. The van der Waals surface area contributed by atoms with Crippen LogP contribution in [0.15, 0.2) is 62.2 Å². The molecule has 4 rings (SSSR count). The van der Waals surface area contributed by atoms with Crippen molar-refractivity contribution in [3.63, 3.8) is 0 Å². The molecule has 1 N–H and O–H groups in total. The number of carbonyl (C=O) groups is 1. The summed E-state index contributed by atoms with van der Waals surface area (Å²) in [5.41, 5.74) is 1.29. The number of nitrogens with one attached hydrogen (secondary N) is 1. The molecule has 0 aliphatic carbocycles. The van der Waals surface area contributed by atoms with Gasteiger partial charge in [0.2, 0.25) is 5.89 Å². The first kappa shape index (κ1) is 15.5. The second-order valence-corrected chi connectivity index (χ2v) is 6.04. The molecule has 0 unspecified atom stereocenters. The molecule has 0 saturated carbocycles. The second kappa shape index (κ2) is 6.14. The lowest BCUT2D eigenvalue weighted by molar-refractivity contribution is 0.0996. The number of nitrogens with zero attached hydrogens (tertiary/aromatic N) is 2. The molecule has 25 heavy (non-hydrogen) atoms. The van der Waals surface area contributed by atoms with Gasteiger partial charge < -0.3 is 14.2 Å². The minimum Gasteiger partial charge on any atom is -0.459 e. The van der Waals surface area contributed by atoms with E-state index in [4.69, 9.17) is 8.83 Å². The number of amides is 1. The van der Waals surface area contributed by atoms with Crippen molar-refractivity contribution in [3.05, 3.63) is 64.9 Å². The third kappa shape index (κ3) is 3.03. The van der Waals surface area contributed by atoms with Gasteiger partial charge in [0, 0.05) is 22.4 Å². The predicted octanol–water partition coefficient (Wildman–Crippen LogP) is 4.64. The third-order valence-corrected chi connectivity index (χ3v) is 3.85. The first-order valence-electron chi connectivity index (χ1n) is 7.17. The first-order chi connectivity index (χ1) is 12.1. The van der Waals surface area contributed by atoms with Crippen molar-refractivity contribution in [2.75, 3.05) is 5.32 Å². The van der Waals surface area contributed by atoms with E-state index in [-0.39, 0.29) is 17.2 Å². The molecule has 0 saturated heterocycles. The molecule has 0 aliphatic rings. The van der Waals surface area contributed by atoms with Gasteiger partial charge in [-0.3, -0.25) is 4.79 Å². The molecule has 3 aromatic heterocycles. The van der Waals surface area contributed by atoms with E-state index in [1.807, 2.05) is 0 Å². The van der Waals surface area contributed by atoms with E-state index in [1.165, 1.54) is 30.5 Å². The number of benzene rings is 1. The van der Waals surface area contributed by atoms with E-state index in [9.17, 15) is 9.18 Å². The normalized spacial score (nSPS) is 11.0. The van der Waals surface area contributed by atoms with Gasteiger partial charge in [-0.2, -0.15) is 4.98 Å². The molecule has 0 aliphatic heterocycles. The summed E-state index contributed by atoms with van der Waals surface area (Å²) >= 11 is 3.29. The maximum absolute atomic E-state index is 14.2. The van der Waals surface area contributed by atoms with Gasteiger partial charge in [0.25, 0.3) is 5.91 Å². The molecular formula is C17H9BrFN3O3. The molecule has 124 valence electrons. The number of hydrogen-bond donors (Lipinski definition) is 1. The highest BCUT2D eigenvalue weighted by Gasteiger charge is 2.16. The SMILES string of the molecule is O=C(Nc1ccc(F)c(-c2nc3ncc(Br)cc3o2)c1)c1ccco1. The van der Waals surface area contributed by atoms with Gasteiger partial charge in [0.05, 0.1) is 11.8 Å². The monoisotopic (exact) mass is 401 g/mol. The van der Waals surface area contributed by atoms with Crippen molar-refractivity contribution >= 4 is 38.8 Å². The van der Waals surface area contributed by atoms with Crippen LogP contribution in [-0.2, 0) is 0 Å². The Labute approximate surface area is 148 Å². The number of halogens is 2. The van der Waals surface area contributed by atoms with Gasteiger partial charge in [-0.05, 0) is 46.3 Å². The number of pyridine rings is 1. The smallest absolute Gasteiger partial charge is 0.291 e. The van der Waals surface area contributed by atoms with Crippen LogP contribution >= 0.6 is 15.9 Å². The van der Waals surface area contributed by atoms with E-state index < -0.39 is 11.7 Å². The Morgan fingerprint density at radius 2 is 2.12 bits per heavy atom. The number of aromatic nitrogens is 2. The Morgan fingerprint density at radius 1 is 1.24 bits per heavy atom. The van der Waals surface area contributed by atoms with Crippen LogP contribution in [0.3, 0.4) is 0 Å². The Bertz CT molecular complexity index is 1080. The zero-order valence-electron chi connectivity index (χ0n) is 12.5. The number of fused-ring (bicyclic) bond motifs is 1. The fourth-order valence-corrected chi connectivity index (χ4v) is 2.59. The quantitative estimate of drug-likeness (QED) is 0.540. The summed E-state index contributed by atoms with van der Waals surface area (Å²) in [6.45, 7) is 0. The van der Waals surface area contributed by atoms with Crippen molar-refractivity contribution in [2.24, 2.45) is 0 Å². The lowest BCUT2D eigenvalue weighted by Gasteiger charge is -2.05.